The van der Waals surface area contributed by atoms with Crippen molar-refractivity contribution in [3.05, 3.63) is 30.0 Å². The molecule has 3 rings (SSSR count). The lowest BCUT2D eigenvalue weighted by molar-refractivity contribution is -0.130. The third-order valence-corrected chi connectivity index (χ3v) is 3.37. The number of carbonyl (C=O) groups is 1. The number of hydrogen-bond donors (Lipinski definition) is 1. The summed E-state index contributed by atoms with van der Waals surface area (Å²) in [5.41, 5.74) is 0.0438. The fourth-order valence-corrected chi connectivity index (χ4v) is 2.24. The van der Waals surface area contributed by atoms with Crippen molar-refractivity contribution in [1.29, 1.82) is 0 Å². The summed E-state index contributed by atoms with van der Waals surface area (Å²) in [7, 11) is 0. The molecule has 1 fully saturated rings. The van der Waals surface area contributed by atoms with Gasteiger partial charge in [0.25, 0.3) is 6.54 Å². The van der Waals surface area contributed by atoms with Crippen molar-refractivity contribution < 1.29 is 19.9 Å². The number of fused-ring (bicyclic) bond motifs is 1. The molecule has 7 heteroatoms. The van der Waals surface area contributed by atoms with E-state index in [2.05, 4.69) is 19.8 Å². The maximum atomic E-state index is 12.6. The van der Waals surface area contributed by atoms with Crippen LogP contribution in [-0.4, -0.2) is 58.3 Å². The number of hydrogen-bond acceptors (Lipinski definition) is 4. The number of amides is 1. The van der Waals surface area contributed by atoms with Gasteiger partial charge in [0, 0.05) is 37.1 Å². The van der Waals surface area contributed by atoms with Crippen molar-refractivity contribution in [2.24, 2.45) is 5.92 Å². The van der Waals surface area contributed by atoms with Gasteiger partial charge in [-0.1, -0.05) is 6.85 Å². The van der Waals surface area contributed by atoms with E-state index >= 15 is 0 Å². The van der Waals surface area contributed by atoms with E-state index in [-0.39, 0.29) is 15.9 Å². The van der Waals surface area contributed by atoms with E-state index in [0.29, 0.717) is 4.90 Å². The van der Waals surface area contributed by atoms with Crippen LogP contribution in [0.2, 0.25) is 0 Å². The summed E-state index contributed by atoms with van der Waals surface area (Å²) < 4.78 is 90.0. The lowest BCUT2D eigenvalue weighted by Gasteiger charge is -2.41. The second kappa shape index (κ2) is 6.24. The van der Waals surface area contributed by atoms with Crippen LogP contribution in [0.1, 0.15) is 28.4 Å². The number of rotatable bonds is 3. The number of aromatic amines is 1. The minimum atomic E-state index is -3.23. The molecular formula is C16H20N6O. The second-order valence-corrected chi connectivity index (χ2v) is 4.85. The van der Waals surface area contributed by atoms with Gasteiger partial charge in [-0.2, -0.15) is 0 Å². The molecule has 2 atom stereocenters. The minimum Gasteiger partial charge on any atom is -0.354 e. The maximum Gasteiger partial charge on any atom is 0.302 e. The lowest BCUT2D eigenvalue weighted by Crippen LogP contribution is -2.53. The highest BCUT2D eigenvalue weighted by Gasteiger charge is 2.33. The molecule has 2 aromatic rings. The van der Waals surface area contributed by atoms with Gasteiger partial charge >= 0.3 is 5.91 Å². The lowest BCUT2D eigenvalue weighted by atomic mass is 9.92. The zero-order valence-corrected chi connectivity index (χ0v) is 11.9. The Kier molecular flexibility index (Phi) is 1.87. The van der Waals surface area contributed by atoms with Crippen LogP contribution in [0.15, 0.2) is 18.6 Å². The topological polar surface area (TPSA) is 69.5 Å². The van der Waals surface area contributed by atoms with Gasteiger partial charge in [0.1, 0.15) is 19.1 Å². The van der Waals surface area contributed by atoms with E-state index in [1.54, 1.807) is 0 Å². The van der Waals surface area contributed by atoms with Gasteiger partial charge in [-0.15, -0.1) is 0 Å². The summed E-state index contributed by atoms with van der Waals surface area (Å²) in [6.07, 6.45) is -0.183. The molecule has 1 aliphatic rings. The maximum absolute atomic E-state index is 12.6. The quantitative estimate of drug-likeness (QED) is 0.870. The molecule has 1 aliphatic heterocycles. The van der Waals surface area contributed by atoms with Gasteiger partial charge < -0.3 is 19.6 Å². The van der Waals surface area contributed by atoms with E-state index in [4.69, 9.17) is 21.7 Å². The highest BCUT2D eigenvalue weighted by atomic mass is 16.2. The number of carbonyl (C=O) groups excluding carboxylic acids is 1. The summed E-state index contributed by atoms with van der Waals surface area (Å²) in [6.45, 7) is -6.34. The van der Waals surface area contributed by atoms with Crippen molar-refractivity contribution in [3.63, 3.8) is 0 Å². The first kappa shape index (κ1) is 6.87. The van der Waals surface area contributed by atoms with Gasteiger partial charge in [-0.3, -0.25) is 4.79 Å². The Morgan fingerprint density at radius 3 is 3.43 bits per heavy atom. The van der Waals surface area contributed by atoms with Crippen LogP contribution >= 0.6 is 0 Å². The standard InChI is InChI=1S/C16H20N6O/c1-11-5-7-22(14(23)8-17-2)9-13(11)21(3)16-12-4-6-18-15(12)19-10-20-16/h4,6,10-11,13H,5,7-9H2,1,3H3,(H,18,19,20)/t11-,13+/m1/s1/i1D3,3D3,7D2,9D2,10D. The highest BCUT2D eigenvalue weighted by molar-refractivity contribution is 5.87. The third kappa shape index (κ3) is 2.84. The number of anilines is 1. The summed E-state index contributed by atoms with van der Waals surface area (Å²) in [5, 5.41) is 0.0554. The average molecular weight is 323 g/mol. The Labute approximate surface area is 150 Å². The predicted octanol–water partition coefficient (Wildman–Crippen LogP) is 1.55. The number of likely N-dealkylation sites (N-methyl/N-ethyl adjacent to an activating group) is 1. The first-order valence-corrected chi connectivity index (χ1v) is 6.70. The molecule has 0 spiro atoms. The van der Waals surface area contributed by atoms with E-state index in [1.807, 2.05) is 0 Å². The molecule has 0 bridgehead atoms. The zero-order chi connectivity index (χ0) is 25.9. The van der Waals surface area contributed by atoms with Crippen LogP contribution in [0.5, 0.6) is 0 Å². The Morgan fingerprint density at radius 2 is 2.65 bits per heavy atom. The SMILES string of the molecule is [2H]c1nc(N([C@@H]2[C@H](C([2H])([2H])[2H])CC([2H])([2H])N(C(=O)C[N+]#[C-])C2([2H])[2H])C([2H])([2H])[2H])c2cc[nH]c2n1. The molecule has 23 heavy (non-hydrogen) atoms. The van der Waals surface area contributed by atoms with E-state index in [0.717, 1.165) is 0 Å². The molecule has 0 unspecified atom stereocenters. The fraction of sp³-hybridized carbons (Fsp3) is 0.500. The van der Waals surface area contributed by atoms with Gasteiger partial charge in [-0.25, -0.2) is 16.5 Å². The molecule has 1 N–H and O–H groups in total. The van der Waals surface area contributed by atoms with Crippen LogP contribution < -0.4 is 4.90 Å². The fourth-order valence-electron chi connectivity index (χ4n) is 2.24. The molecule has 1 amide bonds. The Balaban J connectivity index is 2.35. The number of likely N-dealkylation sites (tertiary alicyclic amines) is 1. The van der Waals surface area contributed by atoms with Crippen LogP contribution in [-0.2, 0) is 4.79 Å². The minimum absolute atomic E-state index is 0.0438. The van der Waals surface area contributed by atoms with Crippen LogP contribution in [0.25, 0.3) is 15.9 Å². The van der Waals surface area contributed by atoms with Crippen molar-refractivity contribution in [1.82, 2.24) is 19.9 Å². The van der Waals surface area contributed by atoms with Crippen molar-refractivity contribution in [2.45, 2.75) is 19.3 Å². The molecular weight excluding hydrogens is 292 g/mol. The number of H-pyrrole nitrogens is 1. The molecule has 1 saturated heterocycles. The van der Waals surface area contributed by atoms with Crippen molar-refractivity contribution in [3.8, 4) is 0 Å². The largest absolute Gasteiger partial charge is 0.354 e. The van der Waals surface area contributed by atoms with Gasteiger partial charge in [0.2, 0.25) is 0 Å². The molecule has 120 valence electrons. The molecule has 0 aliphatic carbocycles. The Morgan fingerprint density at radius 1 is 1.74 bits per heavy atom. The van der Waals surface area contributed by atoms with E-state index in [9.17, 15) is 4.79 Å². The molecule has 0 saturated carbocycles. The third-order valence-electron chi connectivity index (χ3n) is 3.37. The molecule has 3 heterocycles. The number of nitrogens with one attached hydrogen (secondary N) is 1. The van der Waals surface area contributed by atoms with Crippen molar-refractivity contribution >= 4 is 22.8 Å². The first-order valence-electron chi connectivity index (χ1n) is 12.2. The van der Waals surface area contributed by atoms with Gasteiger partial charge in [-0.05, 0) is 18.4 Å². The summed E-state index contributed by atoms with van der Waals surface area (Å²) in [5.74, 6) is -3.65. The zero-order valence-electron chi connectivity index (χ0n) is 22.9. The number of piperidine rings is 1. The summed E-state index contributed by atoms with van der Waals surface area (Å²) >= 11 is 0. The first-order chi connectivity index (χ1) is 15.4. The van der Waals surface area contributed by atoms with Gasteiger partial charge in [0.15, 0.2) is 0 Å². The summed E-state index contributed by atoms with van der Waals surface area (Å²) in [4.78, 5) is 26.4. The molecule has 0 aromatic carbocycles. The smallest absolute Gasteiger partial charge is 0.302 e. The second-order valence-electron chi connectivity index (χ2n) is 4.85. The normalized spacial score (nSPS) is 33.7. The van der Waals surface area contributed by atoms with Gasteiger partial charge in [0.05, 0.1) is 14.2 Å². The van der Waals surface area contributed by atoms with Crippen molar-refractivity contribution in [2.75, 3.05) is 31.4 Å². The van der Waals surface area contributed by atoms with Crippen LogP contribution in [0, 0.1) is 12.5 Å². The van der Waals surface area contributed by atoms with E-state index < -0.39 is 69.8 Å². The van der Waals surface area contributed by atoms with Crippen LogP contribution in [0.4, 0.5) is 5.82 Å². The summed E-state index contributed by atoms with van der Waals surface area (Å²) in [6, 6.07) is -0.786. The van der Waals surface area contributed by atoms with Crippen LogP contribution in [0.3, 0.4) is 0 Å². The monoisotopic (exact) mass is 323 g/mol. The average Bonchev–Trinajstić information content (AvgIpc) is 3.09. The molecule has 2 aromatic heterocycles. The molecule has 7 nitrogen and oxygen atoms in total. The Hall–Kier alpha value is -2.62. The number of nitrogens with zero attached hydrogens (tertiary/aromatic N) is 5. The predicted molar refractivity (Wildman–Crippen MR) is 87.9 cm³/mol. The molecule has 0 radical (unpaired) electrons. The Bertz CT molecular complexity index is 1140. The van der Waals surface area contributed by atoms with E-state index in [1.165, 1.54) is 12.3 Å². The number of aromatic nitrogens is 3. The highest BCUT2D eigenvalue weighted by Crippen LogP contribution is 2.28.